The topological polar surface area (TPSA) is 92.7 Å². The van der Waals surface area contributed by atoms with Gasteiger partial charge in [-0.25, -0.2) is 4.79 Å². The molecule has 2 fully saturated rings. The fraction of sp³-hybridized carbons (Fsp3) is 0.667. The summed E-state index contributed by atoms with van der Waals surface area (Å²) in [6.45, 7) is 12.8. The molecule has 2 N–H and O–H groups in total. The Bertz CT molecular complexity index is 1040. The highest BCUT2D eigenvalue weighted by molar-refractivity contribution is 7.17. The third-order valence-corrected chi connectivity index (χ3v) is 9.38. The average Bonchev–Trinajstić information content (AvgIpc) is 3.41. The number of carboxylic acid groups (broad SMARTS) is 1. The minimum atomic E-state index is -0.907. The van der Waals surface area contributed by atoms with Gasteiger partial charge in [0.25, 0.3) is 0 Å². The summed E-state index contributed by atoms with van der Waals surface area (Å²) in [7, 11) is 0. The maximum atomic E-state index is 13.6. The second-order valence-electron chi connectivity index (χ2n) is 11.4. The van der Waals surface area contributed by atoms with E-state index in [9.17, 15) is 19.5 Å². The van der Waals surface area contributed by atoms with Gasteiger partial charge in [0, 0.05) is 4.88 Å². The van der Waals surface area contributed by atoms with Crippen LogP contribution in [0.15, 0.2) is 11.1 Å². The lowest BCUT2D eigenvalue weighted by molar-refractivity contribution is -0.148. The molecular formula is C27H37NO5S. The van der Waals surface area contributed by atoms with Crippen molar-refractivity contribution in [2.24, 2.45) is 35.0 Å². The van der Waals surface area contributed by atoms with E-state index < -0.39 is 23.8 Å². The number of hydrogen-bond donors (Lipinski definition) is 2. The zero-order chi connectivity index (χ0) is 24.9. The molecule has 0 unspecified atom stereocenters. The molecule has 2 bridgehead atoms. The Hall–Kier alpha value is -2.15. The second kappa shape index (κ2) is 9.14. The number of hydrogen-bond acceptors (Lipinski definition) is 5. The van der Waals surface area contributed by atoms with Gasteiger partial charge in [-0.15, -0.1) is 11.3 Å². The van der Waals surface area contributed by atoms with Gasteiger partial charge in [0.05, 0.1) is 24.0 Å². The minimum absolute atomic E-state index is 0.0398. The number of esters is 1. The molecule has 4 rings (SSSR count). The largest absolute Gasteiger partial charge is 0.481 e. The second-order valence-corrected chi connectivity index (χ2v) is 12.5. The Balaban J connectivity index is 1.68. The summed E-state index contributed by atoms with van der Waals surface area (Å²) in [5.74, 6) is -2.53. The smallest absolute Gasteiger partial charge is 0.341 e. The molecular weight excluding hydrogens is 450 g/mol. The molecule has 34 heavy (non-hydrogen) atoms. The number of carbonyl (C=O) groups is 3. The highest BCUT2D eigenvalue weighted by Crippen LogP contribution is 2.57. The number of carbonyl (C=O) groups excluding carboxylic acids is 2. The van der Waals surface area contributed by atoms with E-state index in [2.05, 4.69) is 26.1 Å². The molecule has 0 aromatic carbocycles. The first-order valence-corrected chi connectivity index (χ1v) is 13.3. The lowest BCUT2D eigenvalue weighted by Gasteiger charge is -2.33. The Morgan fingerprint density at radius 2 is 1.74 bits per heavy atom. The molecule has 1 aromatic heterocycles. The van der Waals surface area contributed by atoms with Crippen LogP contribution in [0.25, 0.3) is 0 Å². The van der Waals surface area contributed by atoms with Crippen molar-refractivity contribution in [2.45, 2.75) is 73.6 Å². The molecule has 1 heterocycles. The van der Waals surface area contributed by atoms with Gasteiger partial charge in [0.2, 0.25) is 5.91 Å². The van der Waals surface area contributed by atoms with E-state index in [0.29, 0.717) is 16.5 Å². The highest BCUT2D eigenvalue weighted by Gasteiger charge is 2.57. The first-order valence-electron chi connectivity index (χ1n) is 12.5. The van der Waals surface area contributed by atoms with Crippen LogP contribution < -0.4 is 5.32 Å². The number of aliphatic carboxylic acids is 1. The summed E-state index contributed by atoms with van der Waals surface area (Å²) >= 11 is 1.47. The van der Waals surface area contributed by atoms with Gasteiger partial charge in [0.1, 0.15) is 5.00 Å². The fourth-order valence-corrected chi connectivity index (χ4v) is 7.95. The summed E-state index contributed by atoms with van der Waals surface area (Å²) in [6, 6.07) is 0. The number of amides is 1. The SMILES string of the molecule is CCOC(=O)c1c(NC(=O)[C@H]2[C@@H](C(=O)O)[C@H]3CC[C@@H]2C3=C(C)C)sc2c1CC[C@@H](C(C)(C)C)C2. The van der Waals surface area contributed by atoms with Crippen LogP contribution in [0.4, 0.5) is 5.00 Å². The molecule has 5 atom stereocenters. The number of thiophene rings is 1. The van der Waals surface area contributed by atoms with Crippen LogP contribution >= 0.6 is 11.3 Å². The Morgan fingerprint density at radius 1 is 1.09 bits per heavy atom. The van der Waals surface area contributed by atoms with E-state index in [4.69, 9.17) is 4.74 Å². The maximum absolute atomic E-state index is 13.6. The van der Waals surface area contributed by atoms with Crippen molar-refractivity contribution in [3.63, 3.8) is 0 Å². The van der Waals surface area contributed by atoms with Crippen molar-refractivity contribution in [3.05, 3.63) is 27.2 Å². The number of anilines is 1. The number of allylic oxidation sites excluding steroid dienone is 2. The van der Waals surface area contributed by atoms with Gasteiger partial charge >= 0.3 is 11.9 Å². The van der Waals surface area contributed by atoms with Crippen LogP contribution in [0.5, 0.6) is 0 Å². The van der Waals surface area contributed by atoms with Gasteiger partial charge in [-0.05, 0) is 81.6 Å². The number of rotatable bonds is 5. The minimum Gasteiger partial charge on any atom is -0.481 e. The van der Waals surface area contributed by atoms with E-state index >= 15 is 0 Å². The van der Waals surface area contributed by atoms with Gasteiger partial charge < -0.3 is 15.2 Å². The summed E-state index contributed by atoms with van der Waals surface area (Å²) in [6.07, 6.45) is 4.31. The Morgan fingerprint density at radius 3 is 2.29 bits per heavy atom. The van der Waals surface area contributed by atoms with Crippen molar-refractivity contribution < 1.29 is 24.2 Å². The van der Waals surface area contributed by atoms with Crippen LogP contribution in [0.2, 0.25) is 0 Å². The Kier molecular flexibility index (Phi) is 6.71. The van der Waals surface area contributed by atoms with E-state index in [1.54, 1.807) is 6.92 Å². The number of nitrogens with one attached hydrogen (secondary N) is 1. The molecule has 6 nitrogen and oxygen atoms in total. The van der Waals surface area contributed by atoms with Crippen LogP contribution in [0, 0.1) is 35.0 Å². The molecule has 1 amide bonds. The van der Waals surface area contributed by atoms with E-state index in [-0.39, 0.29) is 29.8 Å². The third kappa shape index (κ3) is 4.21. The molecule has 0 radical (unpaired) electrons. The van der Waals surface area contributed by atoms with Crippen LogP contribution in [0.1, 0.15) is 81.6 Å². The first kappa shape index (κ1) is 25.0. The van der Waals surface area contributed by atoms with Crippen LogP contribution in [0.3, 0.4) is 0 Å². The lowest BCUT2D eigenvalue weighted by Crippen LogP contribution is -2.38. The van der Waals surface area contributed by atoms with Gasteiger partial charge in [0.15, 0.2) is 0 Å². The average molecular weight is 488 g/mol. The fourth-order valence-electron chi connectivity index (χ4n) is 6.63. The normalized spacial score (nSPS) is 27.9. The van der Waals surface area contributed by atoms with Gasteiger partial charge in [-0.2, -0.15) is 0 Å². The van der Waals surface area contributed by atoms with E-state index in [1.165, 1.54) is 11.3 Å². The van der Waals surface area contributed by atoms with Crippen molar-refractivity contribution in [3.8, 4) is 0 Å². The molecule has 7 heteroatoms. The summed E-state index contributed by atoms with van der Waals surface area (Å²) in [5.41, 5.74) is 3.90. The van der Waals surface area contributed by atoms with Crippen LogP contribution in [-0.4, -0.2) is 29.6 Å². The maximum Gasteiger partial charge on any atom is 0.341 e. The summed E-state index contributed by atoms with van der Waals surface area (Å²) < 4.78 is 5.37. The lowest BCUT2D eigenvalue weighted by atomic mass is 9.72. The zero-order valence-corrected chi connectivity index (χ0v) is 21.9. The molecule has 2 saturated carbocycles. The summed E-state index contributed by atoms with van der Waals surface area (Å²) in [5, 5.41) is 13.5. The highest BCUT2D eigenvalue weighted by atomic mass is 32.1. The Labute approximate surface area is 206 Å². The first-order chi connectivity index (χ1) is 16.0. The molecule has 3 aliphatic rings. The van der Waals surface area contributed by atoms with Crippen molar-refractivity contribution in [2.75, 3.05) is 11.9 Å². The zero-order valence-electron chi connectivity index (χ0n) is 21.1. The van der Waals surface area contributed by atoms with E-state index in [0.717, 1.165) is 53.7 Å². The molecule has 0 aliphatic heterocycles. The quantitative estimate of drug-likeness (QED) is 0.410. The van der Waals surface area contributed by atoms with Gasteiger partial charge in [-0.1, -0.05) is 31.9 Å². The number of carboxylic acids is 1. The molecule has 1 aromatic rings. The number of fused-ring (bicyclic) bond motifs is 3. The molecule has 0 spiro atoms. The van der Waals surface area contributed by atoms with Crippen molar-refractivity contribution in [1.82, 2.24) is 0 Å². The van der Waals surface area contributed by atoms with Crippen molar-refractivity contribution in [1.29, 1.82) is 0 Å². The third-order valence-electron chi connectivity index (χ3n) is 8.21. The summed E-state index contributed by atoms with van der Waals surface area (Å²) in [4.78, 5) is 39.9. The predicted molar refractivity (Wildman–Crippen MR) is 133 cm³/mol. The standard InChI is InChI=1S/C27H37NO5S/c1-7-33-26(32)22-15-9-8-14(27(4,5)6)12-18(15)34-24(22)28-23(29)20-16-10-11-17(19(16)13(2)3)21(20)25(30)31/h14,16-17,20-21H,7-12H2,1-6H3,(H,28,29)(H,30,31)/t14-,16-,17+,20-,21+/m1/s1. The van der Waals surface area contributed by atoms with Crippen molar-refractivity contribution >= 4 is 34.2 Å². The molecule has 186 valence electrons. The predicted octanol–water partition coefficient (Wildman–Crippen LogP) is 5.71. The number of ether oxygens (including phenoxy) is 1. The van der Waals surface area contributed by atoms with Gasteiger partial charge in [-0.3, -0.25) is 9.59 Å². The molecule has 0 saturated heterocycles. The monoisotopic (exact) mass is 487 g/mol. The van der Waals surface area contributed by atoms with Crippen LogP contribution in [-0.2, 0) is 27.2 Å². The molecule has 3 aliphatic carbocycles. The van der Waals surface area contributed by atoms with E-state index in [1.807, 2.05) is 13.8 Å².